The summed E-state index contributed by atoms with van der Waals surface area (Å²) in [6.07, 6.45) is 2.91. The van der Waals surface area contributed by atoms with E-state index in [9.17, 15) is 4.79 Å². The molecule has 0 unspecified atom stereocenters. The maximum Gasteiger partial charge on any atom is 0.226 e. The van der Waals surface area contributed by atoms with Crippen molar-refractivity contribution in [3.05, 3.63) is 53.8 Å². The van der Waals surface area contributed by atoms with Crippen LogP contribution in [0.3, 0.4) is 0 Å². The summed E-state index contributed by atoms with van der Waals surface area (Å²) in [5.41, 5.74) is 5.45. The number of hydrogen-bond donors (Lipinski definition) is 0. The average Bonchev–Trinajstić information content (AvgIpc) is 2.66. The van der Waals surface area contributed by atoms with Crippen molar-refractivity contribution in [2.45, 2.75) is 31.8 Å². The van der Waals surface area contributed by atoms with Crippen molar-refractivity contribution < 1.29 is 4.79 Å². The highest BCUT2D eigenvalue weighted by Crippen LogP contribution is 2.39. The van der Waals surface area contributed by atoms with E-state index < -0.39 is 0 Å². The topological polar surface area (TPSA) is 20.3 Å². The fourth-order valence-corrected chi connectivity index (χ4v) is 3.13. The molecule has 0 aromatic heterocycles. The standard InChI is InChI=1S/C16H17NO/c1-2-13-8-9-14-10-15(13)17(16(14)18)11-12-6-4-3-5-7-12/h3-7,14-15H,1,8-11H2/t14-,15-/m0/s1. The molecule has 2 atom stereocenters. The summed E-state index contributed by atoms with van der Waals surface area (Å²) in [6, 6.07) is 10.4. The van der Waals surface area contributed by atoms with Crippen molar-refractivity contribution in [1.82, 2.24) is 4.90 Å². The van der Waals surface area contributed by atoms with E-state index >= 15 is 0 Å². The molecule has 1 saturated carbocycles. The van der Waals surface area contributed by atoms with Gasteiger partial charge in [-0.15, -0.1) is 5.73 Å². The first kappa shape index (κ1) is 11.3. The number of carbonyl (C=O) groups is 1. The normalized spacial score (nSPS) is 26.3. The van der Waals surface area contributed by atoms with Crippen molar-refractivity contribution in [3.63, 3.8) is 0 Å². The van der Waals surface area contributed by atoms with Gasteiger partial charge in [0.25, 0.3) is 0 Å². The van der Waals surface area contributed by atoms with Gasteiger partial charge in [0.05, 0.1) is 6.04 Å². The van der Waals surface area contributed by atoms with Crippen LogP contribution in [0, 0.1) is 5.92 Å². The zero-order valence-electron chi connectivity index (χ0n) is 10.4. The summed E-state index contributed by atoms with van der Waals surface area (Å²) in [6.45, 7) is 4.48. The van der Waals surface area contributed by atoms with Crippen LogP contribution in [0.1, 0.15) is 24.8 Å². The molecule has 1 aliphatic heterocycles. The number of benzene rings is 1. The van der Waals surface area contributed by atoms with E-state index in [1.807, 2.05) is 23.1 Å². The third-order valence-corrected chi connectivity index (χ3v) is 4.10. The van der Waals surface area contributed by atoms with Gasteiger partial charge >= 0.3 is 0 Å². The smallest absolute Gasteiger partial charge is 0.226 e. The molecule has 2 bridgehead atoms. The van der Waals surface area contributed by atoms with E-state index in [1.54, 1.807) is 0 Å². The molecule has 0 spiro atoms. The Morgan fingerprint density at radius 1 is 1.33 bits per heavy atom. The molecule has 3 rings (SSSR count). The van der Waals surface area contributed by atoms with Crippen LogP contribution in [0.25, 0.3) is 0 Å². The predicted octanol–water partition coefficient (Wildman–Crippen LogP) is 2.91. The number of carbonyl (C=O) groups excluding carboxylic acids is 1. The van der Waals surface area contributed by atoms with Crippen LogP contribution in [-0.2, 0) is 11.3 Å². The van der Waals surface area contributed by atoms with E-state index in [0.717, 1.165) is 19.3 Å². The molecular weight excluding hydrogens is 222 g/mol. The van der Waals surface area contributed by atoms with Crippen LogP contribution in [0.2, 0.25) is 0 Å². The molecule has 1 aliphatic carbocycles. The Balaban J connectivity index is 1.87. The Kier molecular flexibility index (Phi) is 2.81. The Morgan fingerprint density at radius 3 is 2.83 bits per heavy atom. The second kappa shape index (κ2) is 4.47. The molecule has 0 N–H and O–H groups in total. The van der Waals surface area contributed by atoms with Crippen molar-refractivity contribution in [3.8, 4) is 0 Å². The number of likely N-dealkylation sites (tertiary alicyclic amines) is 1. The van der Waals surface area contributed by atoms with Gasteiger partial charge in [0.15, 0.2) is 0 Å². The van der Waals surface area contributed by atoms with Gasteiger partial charge in [-0.25, -0.2) is 0 Å². The third-order valence-electron chi connectivity index (χ3n) is 4.10. The number of amides is 1. The van der Waals surface area contributed by atoms with Crippen LogP contribution in [-0.4, -0.2) is 16.8 Å². The van der Waals surface area contributed by atoms with Crippen molar-refractivity contribution in [2.24, 2.45) is 5.92 Å². The van der Waals surface area contributed by atoms with Gasteiger partial charge in [-0.2, -0.15) is 0 Å². The first-order chi connectivity index (χ1) is 8.79. The van der Waals surface area contributed by atoms with E-state index in [0.29, 0.717) is 12.5 Å². The maximum absolute atomic E-state index is 12.3. The minimum absolute atomic E-state index is 0.232. The summed E-state index contributed by atoms with van der Waals surface area (Å²) in [5, 5.41) is 0. The number of rotatable bonds is 2. The zero-order chi connectivity index (χ0) is 12.5. The van der Waals surface area contributed by atoms with Crippen molar-refractivity contribution in [1.29, 1.82) is 0 Å². The number of nitrogens with zero attached hydrogens (tertiary/aromatic N) is 1. The van der Waals surface area contributed by atoms with Crippen LogP contribution in [0.15, 0.2) is 48.2 Å². The van der Waals surface area contributed by atoms with Gasteiger partial charge in [-0.05, 0) is 30.4 Å². The first-order valence-corrected chi connectivity index (χ1v) is 6.53. The highest BCUT2D eigenvalue weighted by Gasteiger charge is 2.43. The number of fused-ring (bicyclic) bond motifs is 2. The minimum atomic E-state index is 0.232. The lowest BCUT2D eigenvalue weighted by molar-refractivity contribution is -0.131. The molecule has 2 nitrogen and oxygen atoms in total. The quantitative estimate of drug-likeness (QED) is 0.727. The first-order valence-electron chi connectivity index (χ1n) is 6.53. The van der Waals surface area contributed by atoms with E-state index in [1.165, 1.54) is 11.1 Å². The highest BCUT2D eigenvalue weighted by atomic mass is 16.2. The molecule has 2 heteroatoms. The summed E-state index contributed by atoms with van der Waals surface area (Å²) in [4.78, 5) is 14.3. The maximum atomic E-state index is 12.3. The van der Waals surface area contributed by atoms with E-state index in [2.05, 4.69) is 24.4 Å². The van der Waals surface area contributed by atoms with Crippen LogP contribution in [0.5, 0.6) is 0 Å². The molecule has 1 aromatic rings. The molecule has 1 saturated heterocycles. The second-order valence-corrected chi connectivity index (χ2v) is 5.14. The summed E-state index contributed by atoms with van der Waals surface area (Å²) in [5.74, 6) is 0.546. The highest BCUT2D eigenvalue weighted by molar-refractivity contribution is 5.82. The summed E-state index contributed by atoms with van der Waals surface area (Å²) in [7, 11) is 0. The fourth-order valence-electron chi connectivity index (χ4n) is 3.13. The number of hydrogen-bond acceptors (Lipinski definition) is 1. The largest absolute Gasteiger partial charge is 0.331 e. The molecule has 1 aromatic carbocycles. The molecule has 1 amide bonds. The van der Waals surface area contributed by atoms with Crippen molar-refractivity contribution in [2.75, 3.05) is 0 Å². The van der Waals surface area contributed by atoms with Crippen LogP contribution >= 0.6 is 0 Å². The SMILES string of the molecule is C=C=C1CC[C@H]2C[C@@H]1N(Cc1ccccc1)C2=O. The summed E-state index contributed by atoms with van der Waals surface area (Å²) >= 11 is 0. The molecule has 92 valence electrons. The predicted molar refractivity (Wildman–Crippen MR) is 70.8 cm³/mol. The van der Waals surface area contributed by atoms with Gasteiger partial charge in [0.1, 0.15) is 0 Å². The van der Waals surface area contributed by atoms with E-state index in [-0.39, 0.29) is 12.0 Å². The van der Waals surface area contributed by atoms with Crippen LogP contribution in [0.4, 0.5) is 0 Å². The monoisotopic (exact) mass is 239 g/mol. The Bertz CT molecular complexity index is 513. The van der Waals surface area contributed by atoms with Gasteiger partial charge in [-0.3, -0.25) is 4.79 Å². The molecule has 1 heterocycles. The van der Waals surface area contributed by atoms with Gasteiger partial charge in [0, 0.05) is 12.5 Å². The fraction of sp³-hybridized carbons (Fsp3) is 0.375. The lowest BCUT2D eigenvalue weighted by atomic mass is 9.86. The van der Waals surface area contributed by atoms with Crippen LogP contribution < -0.4 is 0 Å². The van der Waals surface area contributed by atoms with Gasteiger partial charge in [0.2, 0.25) is 5.91 Å². The minimum Gasteiger partial charge on any atom is -0.331 e. The Labute approximate surface area is 108 Å². The second-order valence-electron chi connectivity index (χ2n) is 5.14. The van der Waals surface area contributed by atoms with Gasteiger partial charge in [-0.1, -0.05) is 36.9 Å². The molecule has 0 radical (unpaired) electrons. The zero-order valence-corrected chi connectivity index (χ0v) is 10.4. The van der Waals surface area contributed by atoms with Crippen molar-refractivity contribution >= 4 is 5.91 Å². The molecular formula is C16H17NO. The Morgan fingerprint density at radius 2 is 2.11 bits per heavy atom. The molecule has 2 aliphatic rings. The summed E-state index contributed by atoms with van der Waals surface area (Å²) < 4.78 is 0. The van der Waals surface area contributed by atoms with Gasteiger partial charge < -0.3 is 4.90 Å². The lowest BCUT2D eigenvalue weighted by Gasteiger charge is -2.26. The molecule has 18 heavy (non-hydrogen) atoms. The Hall–Kier alpha value is -1.79. The average molecular weight is 239 g/mol. The third kappa shape index (κ3) is 1.79. The van der Waals surface area contributed by atoms with E-state index in [4.69, 9.17) is 0 Å². The molecule has 2 fully saturated rings. The lowest BCUT2D eigenvalue weighted by Crippen LogP contribution is -2.33.